The Bertz CT molecular complexity index is 1170. The molecule has 3 aromatic rings. The van der Waals surface area contributed by atoms with Crippen LogP contribution in [-0.4, -0.2) is 45.4 Å². The van der Waals surface area contributed by atoms with E-state index in [2.05, 4.69) is 61.3 Å². The molecule has 2 fully saturated rings. The number of carbonyl (C=O) groups is 1. The molecular weight excluding hydrogens is 386 g/mol. The average molecular weight is 414 g/mol. The summed E-state index contributed by atoms with van der Waals surface area (Å²) in [5, 5.41) is 1.22. The molecular formula is C25H27N5O. The number of anilines is 1. The molecule has 0 radical (unpaired) electrons. The summed E-state index contributed by atoms with van der Waals surface area (Å²) in [5.41, 5.74) is 4.41. The number of allylic oxidation sites excluding steroid dienone is 1. The fourth-order valence-electron chi connectivity index (χ4n) is 5.68. The molecule has 31 heavy (non-hydrogen) atoms. The Morgan fingerprint density at radius 3 is 2.84 bits per heavy atom. The van der Waals surface area contributed by atoms with Crippen LogP contribution in [0.15, 0.2) is 42.9 Å². The SMILES string of the molecule is O=C1N(Cc2c[nH]c3ccccc23)CCCC12CCN(c1ncnc3c1C=CC3)CC2. The van der Waals surface area contributed by atoms with Gasteiger partial charge >= 0.3 is 0 Å². The third-order valence-corrected chi connectivity index (χ3v) is 7.42. The standard InChI is InChI=1S/C25H27N5O/c31-24-25(9-4-12-30(24)16-18-15-26-21-7-2-1-5-19(18)21)10-13-29(14-11-25)23-20-6-3-8-22(20)27-17-28-23/h1-3,5-7,15,17,26H,4,8-14,16H2. The van der Waals surface area contributed by atoms with E-state index in [0.29, 0.717) is 12.5 Å². The van der Waals surface area contributed by atoms with E-state index in [-0.39, 0.29) is 5.41 Å². The van der Waals surface area contributed by atoms with E-state index < -0.39 is 0 Å². The number of para-hydroxylation sites is 1. The van der Waals surface area contributed by atoms with Gasteiger partial charge in [-0.3, -0.25) is 4.79 Å². The maximum Gasteiger partial charge on any atom is 0.229 e. The molecule has 0 unspecified atom stereocenters. The molecule has 4 heterocycles. The smallest absolute Gasteiger partial charge is 0.229 e. The maximum absolute atomic E-state index is 13.7. The van der Waals surface area contributed by atoms with Crippen molar-refractivity contribution in [2.45, 2.75) is 38.6 Å². The molecule has 1 spiro atoms. The highest BCUT2D eigenvalue weighted by Gasteiger charge is 2.46. The van der Waals surface area contributed by atoms with Crippen LogP contribution >= 0.6 is 0 Å². The fraction of sp³-hybridized carbons (Fsp3) is 0.400. The van der Waals surface area contributed by atoms with Crippen molar-refractivity contribution >= 4 is 28.7 Å². The maximum atomic E-state index is 13.7. The normalized spacial score (nSPS) is 20.1. The zero-order chi connectivity index (χ0) is 20.8. The first-order valence-corrected chi connectivity index (χ1v) is 11.3. The van der Waals surface area contributed by atoms with Crippen molar-refractivity contribution < 1.29 is 4.79 Å². The highest BCUT2D eigenvalue weighted by atomic mass is 16.2. The second-order valence-corrected chi connectivity index (χ2v) is 9.12. The number of piperidine rings is 2. The van der Waals surface area contributed by atoms with E-state index in [1.165, 1.54) is 10.9 Å². The summed E-state index contributed by atoms with van der Waals surface area (Å²) in [6, 6.07) is 8.33. The van der Waals surface area contributed by atoms with Gasteiger partial charge in [-0.1, -0.05) is 30.4 Å². The van der Waals surface area contributed by atoms with E-state index in [0.717, 1.165) is 74.3 Å². The zero-order valence-electron chi connectivity index (χ0n) is 17.7. The quantitative estimate of drug-likeness (QED) is 0.706. The molecule has 158 valence electrons. The van der Waals surface area contributed by atoms with E-state index in [4.69, 9.17) is 0 Å². The van der Waals surface area contributed by atoms with Gasteiger partial charge in [-0.05, 0) is 37.3 Å². The Hall–Kier alpha value is -3.15. The molecule has 0 bridgehead atoms. The third-order valence-electron chi connectivity index (χ3n) is 7.42. The van der Waals surface area contributed by atoms with Gasteiger partial charge in [-0.15, -0.1) is 0 Å². The van der Waals surface area contributed by atoms with Gasteiger partial charge < -0.3 is 14.8 Å². The minimum atomic E-state index is -0.215. The number of aromatic amines is 1. The van der Waals surface area contributed by atoms with Gasteiger partial charge in [0.15, 0.2) is 0 Å². The average Bonchev–Trinajstić information content (AvgIpc) is 3.45. The van der Waals surface area contributed by atoms with Crippen molar-refractivity contribution in [3.63, 3.8) is 0 Å². The lowest BCUT2D eigenvalue weighted by Gasteiger charge is -2.46. The predicted molar refractivity (Wildman–Crippen MR) is 122 cm³/mol. The molecule has 1 aliphatic carbocycles. The number of carbonyl (C=O) groups excluding carboxylic acids is 1. The molecule has 0 saturated carbocycles. The number of rotatable bonds is 3. The minimum Gasteiger partial charge on any atom is -0.361 e. The van der Waals surface area contributed by atoms with Crippen LogP contribution in [0.4, 0.5) is 5.82 Å². The molecule has 6 heteroatoms. The van der Waals surface area contributed by atoms with Crippen LogP contribution in [0.1, 0.15) is 42.5 Å². The first kappa shape index (κ1) is 18.6. The van der Waals surface area contributed by atoms with Gasteiger partial charge in [0, 0.05) is 55.3 Å². The van der Waals surface area contributed by atoms with Gasteiger partial charge in [0.2, 0.25) is 5.91 Å². The van der Waals surface area contributed by atoms with Gasteiger partial charge in [-0.2, -0.15) is 0 Å². The molecule has 3 aliphatic rings. The lowest BCUT2D eigenvalue weighted by atomic mass is 9.71. The van der Waals surface area contributed by atoms with Crippen molar-refractivity contribution in [2.75, 3.05) is 24.5 Å². The van der Waals surface area contributed by atoms with Crippen LogP contribution < -0.4 is 4.90 Å². The molecule has 6 nitrogen and oxygen atoms in total. The second-order valence-electron chi connectivity index (χ2n) is 9.12. The van der Waals surface area contributed by atoms with E-state index >= 15 is 0 Å². The zero-order valence-corrected chi connectivity index (χ0v) is 17.7. The van der Waals surface area contributed by atoms with Gasteiger partial charge in [0.1, 0.15) is 12.1 Å². The van der Waals surface area contributed by atoms with Crippen LogP contribution in [-0.2, 0) is 17.8 Å². The summed E-state index contributed by atoms with van der Waals surface area (Å²) in [6.07, 6.45) is 12.8. The summed E-state index contributed by atoms with van der Waals surface area (Å²) >= 11 is 0. The molecule has 1 N–H and O–H groups in total. The van der Waals surface area contributed by atoms with Crippen molar-refractivity contribution in [1.82, 2.24) is 19.9 Å². The van der Waals surface area contributed by atoms with Crippen molar-refractivity contribution in [1.29, 1.82) is 0 Å². The van der Waals surface area contributed by atoms with Crippen LogP contribution in [0.25, 0.3) is 17.0 Å². The lowest BCUT2D eigenvalue weighted by molar-refractivity contribution is -0.148. The summed E-state index contributed by atoms with van der Waals surface area (Å²) in [7, 11) is 0. The molecule has 2 aromatic heterocycles. The Kier molecular flexibility index (Phi) is 4.33. The number of hydrogen-bond acceptors (Lipinski definition) is 4. The number of nitrogens with one attached hydrogen (secondary N) is 1. The van der Waals surface area contributed by atoms with Crippen LogP contribution in [0.2, 0.25) is 0 Å². The topological polar surface area (TPSA) is 65.1 Å². The molecule has 2 saturated heterocycles. The number of aromatic nitrogens is 3. The molecule has 0 atom stereocenters. The van der Waals surface area contributed by atoms with Gasteiger partial charge in [0.05, 0.1) is 11.1 Å². The first-order chi connectivity index (χ1) is 15.2. The Balaban J connectivity index is 1.19. The Labute approximate surface area is 182 Å². The first-order valence-electron chi connectivity index (χ1n) is 11.3. The van der Waals surface area contributed by atoms with Gasteiger partial charge in [0.25, 0.3) is 0 Å². The highest BCUT2D eigenvalue weighted by Crippen LogP contribution is 2.43. The van der Waals surface area contributed by atoms with E-state index in [1.54, 1.807) is 6.33 Å². The highest BCUT2D eigenvalue weighted by molar-refractivity contribution is 5.86. The summed E-state index contributed by atoms with van der Waals surface area (Å²) < 4.78 is 0. The summed E-state index contributed by atoms with van der Waals surface area (Å²) in [5.74, 6) is 1.38. The number of benzene rings is 1. The Morgan fingerprint density at radius 2 is 1.94 bits per heavy atom. The fourth-order valence-corrected chi connectivity index (χ4v) is 5.68. The van der Waals surface area contributed by atoms with E-state index in [9.17, 15) is 4.79 Å². The predicted octanol–water partition coefficient (Wildman–Crippen LogP) is 3.94. The summed E-state index contributed by atoms with van der Waals surface area (Å²) in [4.78, 5) is 30.5. The van der Waals surface area contributed by atoms with Crippen molar-refractivity contribution in [3.05, 3.63) is 59.7 Å². The molecule has 2 aliphatic heterocycles. The number of hydrogen-bond donors (Lipinski definition) is 1. The van der Waals surface area contributed by atoms with E-state index in [1.807, 2.05) is 6.07 Å². The molecule has 6 rings (SSSR count). The largest absolute Gasteiger partial charge is 0.361 e. The third kappa shape index (κ3) is 3.04. The minimum absolute atomic E-state index is 0.215. The van der Waals surface area contributed by atoms with Crippen molar-refractivity contribution in [3.8, 4) is 0 Å². The van der Waals surface area contributed by atoms with Gasteiger partial charge in [-0.25, -0.2) is 9.97 Å². The number of likely N-dealkylation sites (tertiary alicyclic amines) is 1. The molecule has 1 aromatic carbocycles. The van der Waals surface area contributed by atoms with Crippen LogP contribution in [0, 0.1) is 5.41 Å². The Morgan fingerprint density at radius 1 is 1.06 bits per heavy atom. The number of nitrogens with zero attached hydrogens (tertiary/aromatic N) is 4. The number of fused-ring (bicyclic) bond motifs is 2. The van der Waals surface area contributed by atoms with Crippen LogP contribution in [0.5, 0.6) is 0 Å². The number of amides is 1. The van der Waals surface area contributed by atoms with Crippen LogP contribution in [0.3, 0.4) is 0 Å². The summed E-state index contributed by atoms with van der Waals surface area (Å²) in [6.45, 7) is 3.31. The monoisotopic (exact) mass is 413 g/mol. The lowest BCUT2D eigenvalue weighted by Crippen LogP contribution is -2.53. The molecule has 1 amide bonds. The van der Waals surface area contributed by atoms with Crippen molar-refractivity contribution in [2.24, 2.45) is 5.41 Å². The second kappa shape index (κ2) is 7.22. The number of H-pyrrole nitrogens is 1.